The molecule has 1 aliphatic rings. The molecule has 1 N–H and O–H groups in total. The van der Waals surface area contributed by atoms with Crippen LogP contribution in [0.5, 0.6) is 0 Å². The van der Waals surface area contributed by atoms with E-state index in [1.807, 2.05) is 30.3 Å². The molecule has 0 bridgehead atoms. The predicted octanol–water partition coefficient (Wildman–Crippen LogP) is 2.24. The van der Waals surface area contributed by atoms with Gasteiger partial charge in [0.15, 0.2) is 0 Å². The summed E-state index contributed by atoms with van der Waals surface area (Å²) in [6, 6.07) is 11.2. The van der Waals surface area contributed by atoms with E-state index in [4.69, 9.17) is 5.26 Å². The average molecular weight is 370 g/mol. The summed E-state index contributed by atoms with van der Waals surface area (Å²) in [5.74, 6) is -4.34. The molecule has 0 aliphatic carbocycles. The molecule has 1 fully saturated rings. The number of amides is 2. The molecule has 1 atom stereocenters. The molecule has 6 nitrogen and oxygen atoms in total. The number of hydrogen-bond acceptors (Lipinski definition) is 4. The van der Waals surface area contributed by atoms with Crippen LogP contribution in [-0.4, -0.2) is 46.8 Å². The molecule has 8 heteroatoms. The highest BCUT2D eigenvalue weighted by Gasteiger charge is 2.47. The molecule has 1 aliphatic heterocycles. The number of carbonyl (C=O) groups is 2. The van der Waals surface area contributed by atoms with Gasteiger partial charge in [0.2, 0.25) is 5.91 Å². The average Bonchev–Trinajstić information content (AvgIpc) is 3.01. The normalized spacial score (nSPS) is 18.0. The fraction of sp³-hybridized carbons (Fsp3) is 0.263. The van der Waals surface area contributed by atoms with Crippen molar-refractivity contribution in [1.82, 2.24) is 15.2 Å². The maximum Gasteiger partial charge on any atom is 0.268 e. The summed E-state index contributed by atoms with van der Waals surface area (Å²) in [6.07, 6.45) is 2.31. The molecule has 138 valence electrons. The van der Waals surface area contributed by atoms with Crippen molar-refractivity contribution in [3.63, 3.8) is 0 Å². The zero-order valence-electron chi connectivity index (χ0n) is 14.2. The van der Waals surface area contributed by atoms with Crippen molar-refractivity contribution in [2.45, 2.75) is 18.4 Å². The third-order valence-corrected chi connectivity index (χ3v) is 4.29. The van der Waals surface area contributed by atoms with E-state index in [-0.39, 0.29) is 0 Å². The Balaban J connectivity index is 1.71. The fourth-order valence-corrected chi connectivity index (χ4v) is 2.99. The topological polar surface area (TPSA) is 86.1 Å². The fourth-order valence-electron chi connectivity index (χ4n) is 2.99. The van der Waals surface area contributed by atoms with Crippen molar-refractivity contribution in [1.29, 1.82) is 5.26 Å². The molecular weight excluding hydrogens is 354 g/mol. The lowest BCUT2D eigenvalue weighted by Gasteiger charge is -2.19. The molecule has 0 saturated carbocycles. The standard InChI is InChI=1S/C19H16F2N4O2/c20-19(21)8-14(9-22)25(12-19)17(26)11-24-18(27)15-6-7-23-10-16(15)13-4-2-1-3-5-13/h1-7,10,14H,8,11-12H2,(H,24,27)/t14-/m0/s1. The number of nitrogens with zero attached hydrogens (tertiary/aromatic N) is 3. The Kier molecular flexibility index (Phi) is 5.12. The van der Waals surface area contributed by atoms with E-state index >= 15 is 0 Å². The third-order valence-electron chi connectivity index (χ3n) is 4.29. The largest absolute Gasteiger partial charge is 0.343 e. The van der Waals surface area contributed by atoms with Gasteiger partial charge in [-0.15, -0.1) is 0 Å². The highest BCUT2D eigenvalue weighted by Crippen LogP contribution is 2.31. The monoisotopic (exact) mass is 370 g/mol. The minimum Gasteiger partial charge on any atom is -0.343 e. The van der Waals surface area contributed by atoms with Crippen LogP contribution in [0.15, 0.2) is 48.8 Å². The number of benzene rings is 1. The molecule has 2 heterocycles. The van der Waals surface area contributed by atoms with E-state index in [1.54, 1.807) is 12.3 Å². The summed E-state index contributed by atoms with van der Waals surface area (Å²) in [6.45, 7) is -1.28. The second-order valence-corrected chi connectivity index (χ2v) is 6.20. The summed E-state index contributed by atoms with van der Waals surface area (Å²) in [4.78, 5) is 29.6. The first kappa shape index (κ1) is 18.5. The van der Waals surface area contributed by atoms with E-state index in [0.29, 0.717) is 11.1 Å². The summed E-state index contributed by atoms with van der Waals surface area (Å²) in [7, 11) is 0. The van der Waals surface area contributed by atoms with Crippen LogP contribution in [0.3, 0.4) is 0 Å². The predicted molar refractivity (Wildman–Crippen MR) is 92.7 cm³/mol. The number of alkyl halides is 2. The summed E-state index contributed by atoms with van der Waals surface area (Å²) < 4.78 is 26.9. The van der Waals surface area contributed by atoms with Gasteiger partial charge < -0.3 is 10.2 Å². The van der Waals surface area contributed by atoms with E-state index in [2.05, 4.69) is 10.3 Å². The maximum absolute atomic E-state index is 13.5. The Bertz CT molecular complexity index is 896. The van der Waals surface area contributed by atoms with Gasteiger partial charge in [0, 0.05) is 24.4 Å². The lowest BCUT2D eigenvalue weighted by molar-refractivity contribution is -0.131. The molecule has 0 spiro atoms. The van der Waals surface area contributed by atoms with Crippen molar-refractivity contribution < 1.29 is 18.4 Å². The number of hydrogen-bond donors (Lipinski definition) is 1. The minimum atomic E-state index is -3.09. The lowest BCUT2D eigenvalue weighted by atomic mass is 10.0. The Labute approximate surface area is 154 Å². The zero-order chi connectivity index (χ0) is 19.4. The van der Waals surface area contributed by atoms with Crippen LogP contribution in [0.2, 0.25) is 0 Å². The number of carbonyl (C=O) groups excluding carboxylic acids is 2. The lowest BCUT2D eigenvalue weighted by Crippen LogP contribution is -2.43. The van der Waals surface area contributed by atoms with Crippen molar-refractivity contribution in [2.75, 3.05) is 13.1 Å². The first-order valence-electron chi connectivity index (χ1n) is 8.26. The van der Waals surface area contributed by atoms with Crippen LogP contribution in [0.1, 0.15) is 16.8 Å². The number of rotatable bonds is 4. The van der Waals surface area contributed by atoms with Gasteiger partial charge in [-0.3, -0.25) is 14.6 Å². The third kappa shape index (κ3) is 4.08. The number of pyridine rings is 1. The number of likely N-dealkylation sites (tertiary alicyclic amines) is 1. The van der Waals surface area contributed by atoms with Gasteiger partial charge in [-0.25, -0.2) is 8.78 Å². The van der Waals surface area contributed by atoms with Crippen molar-refractivity contribution in [2.24, 2.45) is 0 Å². The molecular formula is C19H16F2N4O2. The van der Waals surface area contributed by atoms with Gasteiger partial charge >= 0.3 is 0 Å². The molecule has 0 unspecified atom stereocenters. The Hall–Kier alpha value is -3.34. The summed E-state index contributed by atoms with van der Waals surface area (Å²) in [5.41, 5.74) is 1.68. The molecule has 3 rings (SSSR count). The van der Waals surface area contributed by atoms with Gasteiger partial charge in [0.1, 0.15) is 6.04 Å². The van der Waals surface area contributed by atoms with E-state index < -0.39 is 43.3 Å². The number of nitriles is 1. The number of halogens is 2. The first-order valence-corrected chi connectivity index (χ1v) is 8.26. The quantitative estimate of drug-likeness (QED) is 0.894. The molecule has 2 amide bonds. The Morgan fingerprint density at radius 1 is 1.30 bits per heavy atom. The van der Waals surface area contributed by atoms with Gasteiger partial charge in [0.25, 0.3) is 11.8 Å². The molecule has 27 heavy (non-hydrogen) atoms. The second-order valence-electron chi connectivity index (χ2n) is 6.20. The van der Waals surface area contributed by atoms with Gasteiger partial charge in [-0.2, -0.15) is 5.26 Å². The van der Waals surface area contributed by atoms with Gasteiger partial charge in [0.05, 0.1) is 24.7 Å². The Morgan fingerprint density at radius 2 is 2.04 bits per heavy atom. The van der Waals surface area contributed by atoms with Crippen molar-refractivity contribution in [3.8, 4) is 17.2 Å². The van der Waals surface area contributed by atoms with Crippen LogP contribution in [-0.2, 0) is 4.79 Å². The van der Waals surface area contributed by atoms with E-state index in [1.165, 1.54) is 12.3 Å². The maximum atomic E-state index is 13.5. The molecule has 2 aromatic rings. The summed E-state index contributed by atoms with van der Waals surface area (Å²) >= 11 is 0. The smallest absolute Gasteiger partial charge is 0.268 e. The van der Waals surface area contributed by atoms with Crippen LogP contribution in [0, 0.1) is 11.3 Å². The van der Waals surface area contributed by atoms with Crippen molar-refractivity contribution >= 4 is 11.8 Å². The first-order chi connectivity index (χ1) is 12.9. The number of nitrogens with one attached hydrogen (secondary N) is 1. The minimum absolute atomic E-state index is 0.313. The van der Waals surface area contributed by atoms with Crippen molar-refractivity contribution in [3.05, 3.63) is 54.4 Å². The second kappa shape index (κ2) is 7.50. The molecule has 1 saturated heterocycles. The van der Waals surface area contributed by atoms with E-state index in [9.17, 15) is 18.4 Å². The Morgan fingerprint density at radius 3 is 2.74 bits per heavy atom. The number of aromatic nitrogens is 1. The molecule has 1 aromatic carbocycles. The van der Waals surface area contributed by atoms with Crippen LogP contribution >= 0.6 is 0 Å². The van der Waals surface area contributed by atoms with Crippen LogP contribution in [0.4, 0.5) is 8.78 Å². The SMILES string of the molecule is N#C[C@@H]1CC(F)(F)CN1C(=O)CNC(=O)c1ccncc1-c1ccccc1. The highest BCUT2D eigenvalue weighted by atomic mass is 19.3. The highest BCUT2D eigenvalue weighted by molar-refractivity contribution is 6.02. The van der Waals surface area contributed by atoms with E-state index in [0.717, 1.165) is 10.5 Å². The zero-order valence-corrected chi connectivity index (χ0v) is 14.2. The molecule has 1 aromatic heterocycles. The van der Waals surface area contributed by atoms with Gasteiger partial charge in [-0.05, 0) is 11.6 Å². The molecule has 0 radical (unpaired) electrons. The summed E-state index contributed by atoms with van der Waals surface area (Å²) in [5, 5.41) is 11.4. The van der Waals surface area contributed by atoms with Gasteiger partial charge in [-0.1, -0.05) is 30.3 Å². The van der Waals surface area contributed by atoms with Crippen LogP contribution < -0.4 is 5.32 Å². The van der Waals surface area contributed by atoms with Crippen LogP contribution in [0.25, 0.3) is 11.1 Å².